The van der Waals surface area contributed by atoms with E-state index < -0.39 is 20.7 Å². The van der Waals surface area contributed by atoms with Gasteiger partial charge in [-0.1, -0.05) is 11.6 Å². The predicted octanol–water partition coefficient (Wildman–Crippen LogP) is 2.49. The number of hydrogen-bond acceptors (Lipinski definition) is 6. The lowest BCUT2D eigenvalue weighted by Crippen LogP contribution is -2.13. The van der Waals surface area contributed by atoms with Gasteiger partial charge in [0.1, 0.15) is 4.90 Å². The Bertz CT molecular complexity index is 1150. The third-order valence-corrected chi connectivity index (χ3v) is 5.31. The normalized spacial score (nSPS) is 11.6. The molecule has 11 heteroatoms. The van der Waals surface area contributed by atoms with Crippen LogP contribution in [0.3, 0.4) is 0 Å². The molecular formula is C14H10ClN3O6S. The fourth-order valence-electron chi connectivity index (χ4n) is 2.20. The van der Waals surface area contributed by atoms with E-state index in [0.717, 1.165) is 6.07 Å². The second-order valence-electron chi connectivity index (χ2n) is 5.09. The van der Waals surface area contributed by atoms with Crippen LogP contribution in [0.1, 0.15) is 0 Å². The molecule has 0 amide bonds. The number of rotatable bonds is 4. The van der Waals surface area contributed by atoms with Crippen LogP contribution in [-0.4, -0.2) is 17.9 Å². The summed E-state index contributed by atoms with van der Waals surface area (Å²) in [6.07, 6.45) is 0. The second kappa shape index (κ2) is 5.90. The Hall–Kier alpha value is -2.85. The van der Waals surface area contributed by atoms with Crippen LogP contribution in [-0.2, 0) is 17.1 Å². The van der Waals surface area contributed by atoms with E-state index in [-0.39, 0.29) is 26.9 Å². The number of aromatic nitrogens is 1. The molecule has 2 aromatic carbocycles. The predicted molar refractivity (Wildman–Crippen MR) is 90.4 cm³/mol. The van der Waals surface area contributed by atoms with Gasteiger partial charge in [0.25, 0.3) is 15.7 Å². The molecule has 3 rings (SSSR count). The molecule has 0 aliphatic carbocycles. The monoisotopic (exact) mass is 383 g/mol. The number of nitrogens with one attached hydrogen (secondary N) is 1. The van der Waals surface area contributed by atoms with Crippen molar-refractivity contribution in [1.82, 2.24) is 4.57 Å². The SMILES string of the molecule is Cn1c(=O)oc2cc(S(=O)(=O)Nc3ccc([N+](=O)[O-])cc3)c(Cl)cc21. The van der Waals surface area contributed by atoms with Gasteiger partial charge in [-0.25, -0.2) is 13.2 Å². The number of hydrogen-bond donors (Lipinski definition) is 1. The van der Waals surface area contributed by atoms with Crippen LogP contribution in [0.4, 0.5) is 11.4 Å². The molecule has 130 valence electrons. The van der Waals surface area contributed by atoms with Gasteiger partial charge in [-0.05, 0) is 18.2 Å². The topological polar surface area (TPSA) is 124 Å². The second-order valence-corrected chi connectivity index (χ2v) is 7.14. The summed E-state index contributed by atoms with van der Waals surface area (Å²) in [7, 11) is -2.63. The molecule has 0 saturated heterocycles. The first-order valence-corrected chi connectivity index (χ1v) is 8.61. The van der Waals surface area contributed by atoms with Gasteiger partial charge >= 0.3 is 5.76 Å². The number of benzene rings is 2. The van der Waals surface area contributed by atoms with Crippen LogP contribution in [0.5, 0.6) is 0 Å². The minimum atomic E-state index is -4.10. The number of anilines is 1. The van der Waals surface area contributed by atoms with E-state index in [1.807, 2.05) is 0 Å². The first-order valence-electron chi connectivity index (χ1n) is 6.75. The molecule has 9 nitrogen and oxygen atoms in total. The molecule has 1 N–H and O–H groups in total. The lowest BCUT2D eigenvalue weighted by molar-refractivity contribution is -0.384. The van der Waals surface area contributed by atoms with Crippen LogP contribution in [0.2, 0.25) is 5.02 Å². The zero-order valence-electron chi connectivity index (χ0n) is 12.6. The van der Waals surface area contributed by atoms with Crippen molar-refractivity contribution in [3.8, 4) is 0 Å². The summed E-state index contributed by atoms with van der Waals surface area (Å²) in [6, 6.07) is 7.30. The average molecular weight is 384 g/mol. The van der Waals surface area contributed by atoms with Gasteiger partial charge in [-0.15, -0.1) is 0 Å². The average Bonchev–Trinajstić information content (AvgIpc) is 2.81. The number of non-ortho nitro benzene ring substituents is 1. The molecule has 0 aliphatic heterocycles. The first kappa shape index (κ1) is 17.0. The van der Waals surface area contributed by atoms with Crippen molar-refractivity contribution >= 4 is 44.1 Å². The summed E-state index contributed by atoms with van der Waals surface area (Å²) >= 11 is 6.04. The fourth-order valence-corrected chi connectivity index (χ4v) is 3.79. The van der Waals surface area contributed by atoms with Crippen molar-refractivity contribution in [3.05, 3.63) is 62.1 Å². The third kappa shape index (κ3) is 3.08. The van der Waals surface area contributed by atoms with E-state index >= 15 is 0 Å². The highest BCUT2D eigenvalue weighted by Crippen LogP contribution is 2.29. The highest BCUT2D eigenvalue weighted by molar-refractivity contribution is 7.92. The Morgan fingerprint density at radius 3 is 2.48 bits per heavy atom. The molecule has 0 atom stereocenters. The van der Waals surface area contributed by atoms with Crippen molar-refractivity contribution < 1.29 is 17.8 Å². The van der Waals surface area contributed by atoms with E-state index in [2.05, 4.69) is 4.72 Å². The van der Waals surface area contributed by atoms with Crippen molar-refractivity contribution in [2.75, 3.05) is 4.72 Å². The van der Waals surface area contributed by atoms with Crippen molar-refractivity contribution in [2.45, 2.75) is 4.90 Å². The molecule has 0 saturated carbocycles. The summed E-state index contributed by atoms with van der Waals surface area (Å²) in [6.45, 7) is 0. The standard InChI is InChI=1S/C14H10ClN3O6S/c1-17-11-6-10(15)13(7-12(11)24-14(17)19)25(22,23)16-8-2-4-9(5-3-8)18(20)21/h2-7,16H,1H3. The van der Waals surface area contributed by atoms with Gasteiger partial charge in [0.2, 0.25) is 0 Å². The Labute approximate surface area is 145 Å². The largest absolute Gasteiger partial charge is 0.419 e. The van der Waals surface area contributed by atoms with Crippen molar-refractivity contribution in [1.29, 1.82) is 0 Å². The van der Waals surface area contributed by atoms with Gasteiger partial charge in [0.15, 0.2) is 5.58 Å². The Morgan fingerprint density at radius 1 is 1.24 bits per heavy atom. The number of fused-ring (bicyclic) bond motifs is 1. The smallest absolute Gasteiger partial charge is 0.408 e. The number of sulfonamides is 1. The van der Waals surface area contributed by atoms with Crippen LogP contribution >= 0.6 is 11.6 Å². The van der Waals surface area contributed by atoms with Gasteiger partial charge < -0.3 is 4.42 Å². The zero-order valence-corrected chi connectivity index (χ0v) is 14.2. The van der Waals surface area contributed by atoms with Crippen LogP contribution in [0, 0.1) is 10.1 Å². The summed E-state index contributed by atoms with van der Waals surface area (Å²) in [4.78, 5) is 21.3. The molecule has 3 aromatic rings. The quantitative estimate of drug-likeness (QED) is 0.545. The molecule has 0 fully saturated rings. The number of nitrogens with zero attached hydrogens (tertiary/aromatic N) is 2. The zero-order chi connectivity index (χ0) is 18.4. The van der Waals surface area contributed by atoms with E-state index in [1.165, 1.54) is 41.9 Å². The first-order chi connectivity index (χ1) is 11.7. The van der Waals surface area contributed by atoms with Crippen LogP contribution in [0.15, 0.2) is 50.5 Å². The summed E-state index contributed by atoms with van der Waals surface area (Å²) in [5.74, 6) is -0.649. The summed E-state index contributed by atoms with van der Waals surface area (Å²) in [5, 5.41) is 10.5. The Morgan fingerprint density at radius 2 is 1.88 bits per heavy atom. The molecule has 0 unspecified atom stereocenters. The summed E-state index contributed by atoms with van der Waals surface area (Å²) in [5.41, 5.74) is 0.370. The van der Waals surface area contributed by atoms with Crippen molar-refractivity contribution in [2.24, 2.45) is 7.05 Å². The molecule has 0 aliphatic rings. The lowest BCUT2D eigenvalue weighted by Gasteiger charge is -2.09. The van der Waals surface area contributed by atoms with Crippen molar-refractivity contribution in [3.63, 3.8) is 0 Å². The molecule has 1 heterocycles. The maximum absolute atomic E-state index is 12.5. The van der Waals surface area contributed by atoms with Crippen LogP contribution < -0.4 is 10.5 Å². The Kier molecular flexibility index (Phi) is 4.01. The molecule has 25 heavy (non-hydrogen) atoms. The van der Waals surface area contributed by atoms with E-state index in [1.54, 1.807) is 0 Å². The van der Waals surface area contributed by atoms with Crippen LogP contribution in [0.25, 0.3) is 11.1 Å². The number of halogens is 1. The third-order valence-electron chi connectivity index (χ3n) is 3.47. The summed E-state index contributed by atoms with van der Waals surface area (Å²) < 4.78 is 33.5. The minimum Gasteiger partial charge on any atom is -0.408 e. The van der Waals surface area contributed by atoms with Gasteiger partial charge in [-0.3, -0.25) is 19.4 Å². The van der Waals surface area contributed by atoms with E-state index in [9.17, 15) is 23.3 Å². The highest BCUT2D eigenvalue weighted by atomic mass is 35.5. The maximum atomic E-state index is 12.5. The molecular weight excluding hydrogens is 374 g/mol. The maximum Gasteiger partial charge on any atom is 0.419 e. The van der Waals surface area contributed by atoms with Gasteiger partial charge in [-0.2, -0.15) is 0 Å². The number of nitro groups is 1. The number of oxazole rings is 1. The highest BCUT2D eigenvalue weighted by Gasteiger charge is 2.21. The van der Waals surface area contributed by atoms with Gasteiger partial charge in [0.05, 0.1) is 15.5 Å². The fraction of sp³-hybridized carbons (Fsp3) is 0.0714. The molecule has 0 spiro atoms. The number of nitro benzene ring substituents is 1. The number of aryl methyl sites for hydroxylation is 1. The van der Waals surface area contributed by atoms with Gasteiger partial charge in [0, 0.05) is 30.9 Å². The van der Waals surface area contributed by atoms with E-state index in [4.69, 9.17) is 16.0 Å². The van der Waals surface area contributed by atoms with E-state index in [0.29, 0.717) is 5.52 Å². The molecule has 1 aromatic heterocycles. The molecule has 0 bridgehead atoms. The Balaban J connectivity index is 2.02. The minimum absolute atomic E-state index is 0.0703. The lowest BCUT2D eigenvalue weighted by atomic mass is 10.3. The molecule has 0 radical (unpaired) electrons.